The van der Waals surface area contributed by atoms with Crippen molar-refractivity contribution in [3.05, 3.63) is 0 Å². The van der Waals surface area contributed by atoms with Crippen LogP contribution in [0.4, 0.5) is 4.79 Å². The maximum Gasteiger partial charge on any atom is 0.376 e. The summed E-state index contributed by atoms with van der Waals surface area (Å²) in [6, 6.07) is 0.209. The van der Waals surface area contributed by atoms with Crippen molar-refractivity contribution < 1.29 is 4.79 Å². The van der Waals surface area contributed by atoms with Gasteiger partial charge in [-0.2, -0.15) is 5.53 Å². The number of hydrogen-bond acceptors (Lipinski definition) is 3. The van der Waals surface area contributed by atoms with Crippen LogP contribution in [0.1, 0.15) is 64.2 Å². The topological polar surface area (TPSA) is 68.5 Å². The molecule has 2 saturated carbocycles. The molecule has 0 bridgehead atoms. The Morgan fingerprint density at radius 3 is 2.11 bits per heavy atom. The van der Waals surface area contributed by atoms with Gasteiger partial charge >= 0.3 is 6.03 Å². The number of amides is 2. The van der Waals surface area contributed by atoms with Gasteiger partial charge in [0.25, 0.3) is 0 Å². The van der Waals surface area contributed by atoms with Gasteiger partial charge in [0.15, 0.2) is 0 Å². The first-order valence-electron chi connectivity index (χ1n) is 7.28. The average Bonchev–Trinajstić information content (AvgIpc) is 2.46. The Labute approximate surface area is 109 Å². The molecule has 0 aliphatic heterocycles. The van der Waals surface area contributed by atoms with Crippen LogP contribution in [0.15, 0.2) is 5.11 Å². The molecule has 2 fully saturated rings. The minimum Gasteiger partial charge on any atom is -0.253 e. The van der Waals surface area contributed by atoms with E-state index >= 15 is 0 Å². The van der Waals surface area contributed by atoms with Crippen molar-refractivity contribution >= 4 is 6.03 Å². The Bertz CT molecular complexity index is 283. The van der Waals surface area contributed by atoms with Gasteiger partial charge < -0.3 is 0 Å². The molecule has 0 heterocycles. The normalized spacial score (nSPS) is 22.7. The number of hydrazine groups is 1. The number of urea groups is 1. The molecule has 2 aliphatic rings. The number of nitrogens with zero attached hydrogens (tertiary/aromatic N) is 2. The lowest BCUT2D eigenvalue weighted by atomic mass is 9.94. The fraction of sp³-hybridized carbons (Fsp3) is 0.923. The second-order valence-electron chi connectivity index (χ2n) is 5.52. The van der Waals surface area contributed by atoms with Gasteiger partial charge in [-0.15, -0.1) is 0 Å². The maximum absolute atomic E-state index is 11.8. The Kier molecular flexibility index (Phi) is 5.11. The van der Waals surface area contributed by atoms with Crippen molar-refractivity contribution in [2.24, 2.45) is 5.11 Å². The standard InChI is InChI=1S/C13H24N4O/c14-15-13(18)17(12-9-5-2-6-10-12)16-11-7-3-1-4-8-11/h11-12,14,16H,1-10H2. The van der Waals surface area contributed by atoms with Gasteiger partial charge in [-0.1, -0.05) is 43.6 Å². The predicted octanol–water partition coefficient (Wildman–Crippen LogP) is 3.61. The summed E-state index contributed by atoms with van der Waals surface area (Å²) in [5.41, 5.74) is 10.3. The lowest BCUT2D eigenvalue weighted by Gasteiger charge is -2.36. The van der Waals surface area contributed by atoms with Gasteiger partial charge in [0.2, 0.25) is 0 Å². The summed E-state index contributed by atoms with van der Waals surface area (Å²) in [6.07, 6.45) is 11.8. The highest BCUT2D eigenvalue weighted by Gasteiger charge is 2.28. The highest BCUT2D eigenvalue weighted by Crippen LogP contribution is 2.24. The molecule has 2 rings (SSSR count). The van der Waals surface area contributed by atoms with E-state index in [0.29, 0.717) is 6.04 Å². The Balaban J connectivity index is 1.94. The van der Waals surface area contributed by atoms with E-state index in [9.17, 15) is 4.79 Å². The molecule has 0 aromatic rings. The number of hydrogen-bond donors (Lipinski definition) is 2. The van der Waals surface area contributed by atoms with Gasteiger partial charge in [-0.25, -0.2) is 10.2 Å². The summed E-state index contributed by atoms with van der Waals surface area (Å²) in [7, 11) is 0. The minimum absolute atomic E-state index is 0.238. The van der Waals surface area contributed by atoms with Crippen LogP contribution in [0.2, 0.25) is 0 Å². The number of carbonyl (C=O) groups is 1. The Morgan fingerprint density at radius 1 is 1.00 bits per heavy atom. The largest absolute Gasteiger partial charge is 0.376 e. The fourth-order valence-corrected chi connectivity index (χ4v) is 3.14. The average molecular weight is 252 g/mol. The van der Waals surface area contributed by atoms with Crippen LogP contribution in [-0.2, 0) is 0 Å². The van der Waals surface area contributed by atoms with E-state index in [0.717, 1.165) is 25.7 Å². The molecule has 0 saturated heterocycles. The van der Waals surface area contributed by atoms with E-state index in [2.05, 4.69) is 10.5 Å². The second kappa shape index (κ2) is 6.83. The molecular weight excluding hydrogens is 228 g/mol. The van der Waals surface area contributed by atoms with Crippen LogP contribution >= 0.6 is 0 Å². The van der Waals surface area contributed by atoms with Gasteiger partial charge in [0.1, 0.15) is 0 Å². The van der Waals surface area contributed by atoms with E-state index in [4.69, 9.17) is 5.53 Å². The molecule has 0 unspecified atom stereocenters. The predicted molar refractivity (Wildman–Crippen MR) is 69.3 cm³/mol. The monoisotopic (exact) mass is 252 g/mol. The van der Waals surface area contributed by atoms with Gasteiger partial charge in [-0.05, 0) is 25.7 Å². The summed E-state index contributed by atoms with van der Waals surface area (Å²) >= 11 is 0. The summed E-state index contributed by atoms with van der Waals surface area (Å²) < 4.78 is 0. The highest BCUT2D eigenvalue weighted by atomic mass is 16.2. The molecule has 18 heavy (non-hydrogen) atoms. The maximum atomic E-state index is 11.8. The summed E-state index contributed by atoms with van der Waals surface area (Å²) in [5, 5.41) is 4.76. The third-order valence-corrected chi connectivity index (χ3v) is 4.17. The summed E-state index contributed by atoms with van der Waals surface area (Å²) in [4.78, 5) is 11.8. The van der Waals surface area contributed by atoms with Crippen LogP contribution in [-0.4, -0.2) is 23.1 Å². The first-order chi connectivity index (χ1) is 8.81. The van der Waals surface area contributed by atoms with Crippen LogP contribution in [0, 0.1) is 5.53 Å². The van der Waals surface area contributed by atoms with Gasteiger partial charge in [0, 0.05) is 6.04 Å². The number of rotatable bonds is 3. The van der Waals surface area contributed by atoms with Crippen molar-refractivity contribution in [3.8, 4) is 0 Å². The number of nitrogens with one attached hydrogen (secondary N) is 2. The number of carbonyl (C=O) groups excluding carboxylic acids is 1. The summed E-state index contributed by atoms with van der Waals surface area (Å²) in [6.45, 7) is 0. The van der Waals surface area contributed by atoms with Crippen molar-refractivity contribution in [3.63, 3.8) is 0 Å². The third-order valence-electron chi connectivity index (χ3n) is 4.17. The molecule has 2 N–H and O–H groups in total. The van der Waals surface area contributed by atoms with E-state index < -0.39 is 6.03 Å². The van der Waals surface area contributed by atoms with E-state index in [1.165, 1.54) is 38.5 Å². The highest BCUT2D eigenvalue weighted by molar-refractivity contribution is 5.74. The third kappa shape index (κ3) is 3.51. The minimum atomic E-state index is -0.424. The van der Waals surface area contributed by atoms with E-state index in [1.54, 1.807) is 5.01 Å². The molecule has 2 aliphatic carbocycles. The molecule has 0 atom stereocenters. The van der Waals surface area contributed by atoms with Gasteiger partial charge in [0.05, 0.1) is 6.04 Å². The molecule has 0 aromatic heterocycles. The second-order valence-corrected chi connectivity index (χ2v) is 5.52. The van der Waals surface area contributed by atoms with Crippen LogP contribution in [0.3, 0.4) is 0 Å². The lowest BCUT2D eigenvalue weighted by Crippen LogP contribution is -2.53. The fourth-order valence-electron chi connectivity index (χ4n) is 3.14. The van der Waals surface area contributed by atoms with E-state index in [-0.39, 0.29) is 6.04 Å². The van der Waals surface area contributed by atoms with E-state index in [1.807, 2.05) is 0 Å². The van der Waals surface area contributed by atoms with Crippen LogP contribution < -0.4 is 5.43 Å². The smallest absolute Gasteiger partial charge is 0.253 e. The molecular formula is C13H24N4O. The Hall–Kier alpha value is -0.970. The first-order valence-corrected chi connectivity index (χ1v) is 7.28. The molecule has 0 spiro atoms. The SMILES string of the molecule is N=NC(=O)N(NC1CCCCC1)C1CCCCC1. The zero-order valence-electron chi connectivity index (χ0n) is 11.0. The summed E-state index contributed by atoms with van der Waals surface area (Å²) in [5.74, 6) is 0. The van der Waals surface area contributed by atoms with Crippen LogP contribution in [0.5, 0.6) is 0 Å². The van der Waals surface area contributed by atoms with Crippen molar-refractivity contribution in [1.82, 2.24) is 10.4 Å². The lowest BCUT2D eigenvalue weighted by molar-refractivity contribution is 0.0979. The quantitative estimate of drug-likeness (QED) is 0.595. The van der Waals surface area contributed by atoms with Crippen molar-refractivity contribution in [2.45, 2.75) is 76.3 Å². The first kappa shape index (κ1) is 13.5. The van der Waals surface area contributed by atoms with Crippen molar-refractivity contribution in [1.29, 1.82) is 5.53 Å². The molecule has 0 aromatic carbocycles. The molecule has 5 heteroatoms. The molecule has 102 valence electrons. The Morgan fingerprint density at radius 2 is 1.56 bits per heavy atom. The van der Waals surface area contributed by atoms with Crippen molar-refractivity contribution in [2.75, 3.05) is 0 Å². The van der Waals surface area contributed by atoms with Crippen LogP contribution in [0.25, 0.3) is 0 Å². The molecule has 2 amide bonds. The van der Waals surface area contributed by atoms with Gasteiger partial charge in [-0.3, -0.25) is 5.01 Å². The zero-order valence-corrected chi connectivity index (χ0v) is 11.0. The molecule has 0 radical (unpaired) electrons. The zero-order chi connectivity index (χ0) is 12.8. The molecule has 5 nitrogen and oxygen atoms in total.